The Kier molecular flexibility index (Phi) is 8.28. The second-order valence-electron chi connectivity index (χ2n) is 9.43. The van der Waals surface area contributed by atoms with E-state index in [1.807, 2.05) is 19.9 Å². The summed E-state index contributed by atoms with van der Waals surface area (Å²) < 4.78 is 11.6. The van der Waals surface area contributed by atoms with E-state index in [9.17, 15) is 0 Å². The molecule has 5 nitrogen and oxygen atoms in total. The van der Waals surface area contributed by atoms with E-state index < -0.39 is 0 Å². The Hall–Kier alpha value is -2.79. The van der Waals surface area contributed by atoms with Crippen molar-refractivity contribution < 1.29 is 9.47 Å². The fourth-order valence-corrected chi connectivity index (χ4v) is 5.17. The van der Waals surface area contributed by atoms with Crippen molar-refractivity contribution in [1.82, 2.24) is 9.91 Å². The van der Waals surface area contributed by atoms with Crippen LogP contribution < -0.4 is 9.47 Å². The molecule has 2 aromatic carbocycles. The van der Waals surface area contributed by atoms with Crippen LogP contribution in [-0.2, 0) is 0 Å². The van der Waals surface area contributed by atoms with E-state index in [0.29, 0.717) is 19.1 Å². The van der Waals surface area contributed by atoms with Gasteiger partial charge in [-0.1, -0.05) is 24.3 Å². The molecule has 2 aromatic rings. The van der Waals surface area contributed by atoms with Crippen molar-refractivity contribution in [1.29, 1.82) is 0 Å². The average molecular weight is 462 g/mol. The fraction of sp³-hybridized carbons (Fsp3) is 0.483. The number of rotatable bonds is 10. The zero-order valence-electron chi connectivity index (χ0n) is 21.2. The number of nitrogens with zero attached hydrogens (tertiary/aromatic N) is 3. The minimum Gasteiger partial charge on any atom is -0.494 e. The van der Waals surface area contributed by atoms with Crippen molar-refractivity contribution in [3.05, 3.63) is 65.2 Å². The van der Waals surface area contributed by atoms with Gasteiger partial charge in [0.2, 0.25) is 0 Å². The first-order chi connectivity index (χ1) is 16.6. The van der Waals surface area contributed by atoms with Gasteiger partial charge in [0.05, 0.1) is 25.0 Å². The molecule has 1 aliphatic heterocycles. The molecule has 0 aromatic heterocycles. The molecule has 2 atom stereocenters. The molecule has 1 fully saturated rings. The molecule has 5 heteroatoms. The number of ether oxygens (including phenoxy) is 2. The van der Waals surface area contributed by atoms with Crippen molar-refractivity contribution in [2.24, 2.45) is 11.0 Å². The molecule has 0 saturated heterocycles. The maximum atomic E-state index is 5.84. The standard InChI is InChI=1S/C29H39N3O2/c1-5-33-25-14-7-11-22(20-25)19-23-12-9-16-27-28(23)30-32(18-10-17-31(3)4)29(27)24-13-8-15-26(21-24)34-6-2/h7-8,11,13-15,19-21,27,29H,5-6,9-10,12,16-18H2,1-4H3/b23-19-. The molecule has 2 aliphatic rings. The second-order valence-corrected chi connectivity index (χ2v) is 9.43. The Morgan fingerprint density at radius 1 is 1.03 bits per heavy atom. The number of hydrogen-bond donors (Lipinski definition) is 0. The van der Waals surface area contributed by atoms with E-state index in [4.69, 9.17) is 14.6 Å². The van der Waals surface area contributed by atoms with Crippen LogP contribution in [0.4, 0.5) is 0 Å². The molecule has 0 bridgehead atoms. The third-order valence-electron chi connectivity index (χ3n) is 6.59. The van der Waals surface area contributed by atoms with Gasteiger partial charge in [-0.25, -0.2) is 0 Å². The number of benzene rings is 2. The molecule has 34 heavy (non-hydrogen) atoms. The minimum absolute atomic E-state index is 0.260. The largest absolute Gasteiger partial charge is 0.494 e. The zero-order valence-corrected chi connectivity index (χ0v) is 21.2. The van der Waals surface area contributed by atoms with Gasteiger partial charge in [-0.15, -0.1) is 0 Å². The SMILES string of the molecule is CCOc1cccc(/C=C2/CCCC3C2=NN(CCCN(C)C)C3c2cccc(OCC)c2)c1. The lowest BCUT2D eigenvalue weighted by atomic mass is 9.77. The van der Waals surface area contributed by atoms with Gasteiger partial charge < -0.3 is 14.4 Å². The van der Waals surface area contributed by atoms with E-state index in [-0.39, 0.29) is 6.04 Å². The van der Waals surface area contributed by atoms with E-state index in [0.717, 1.165) is 37.4 Å². The summed E-state index contributed by atoms with van der Waals surface area (Å²) in [6.45, 7) is 7.43. The monoisotopic (exact) mass is 461 g/mol. The second kappa shape index (κ2) is 11.6. The summed E-state index contributed by atoms with van der Waals surface area (Å²) in [5.74, 6) is 2.28. The predicted octanol–water partition coefficient (Wildman–Crippen LogP) is 6.03. The Morgan fingerprint density at radius 2 is 1.76 bits per heavy atom. The van der Waals surface area contributed by atoms with E-state index in [2.05, 4.69) is 72.5 Å². The number of hydrogen-bond acceptors (Lipinski definition) is 5. The van der Waals surface area contributed by atoms with Gasteiger partial charge in [0.1, 0.15) is 11.5 Å². The van der Waals surface area contributed by atoms with Crippen LogP contribution in [0.3, 0.4) is 0 Å². The predicted molar refractivity (Wildman–Crippen MR) is 141 cm³/mol. The number of fused-ring (bicyclic) bond motifs is 1. The first-order valence-corrected chi connectivity index (χ1v) is 12.8. The molecular formula is C29H39N3O2. The molecular weight excluding hydrogens is 422 g/mol. The van der Waals surface area contributed by atoms with Gasteiger partial charge in [0.25, 0.3) is 0 Å². The lowest BCUT2D eigenvalue weighted by molar-refractivity contribution is 0.187. The molecule has 0 N–H and O–H groups in total. The van der Waals surface area contributed by atoms with Crippen LogP contribution in [-0.4, -0.2) is 56.0 Å². The average Bonchev–Trinajstić information content (AvgIpc) is 3.19. The van der Waals surface area contributed by atoms with Gasteiger partial charge in [-0.05, 0) is 107 Å². The molecule has 1 heterocycles. The molecule has 4 rings (SSSR count). The highest BCUT2D eigenvalue weighted by molar-refractivity contribution is 6.07. The van der Waals surface area contributed by atoms with Crippen molar-refractivity contribution in [2.45, 2.75) is 45.6 Å². The van der Waals surface area contributed by atoms with Crippen molar-refractivity contribution in [3.63, 3.8) is 0 Å². The Morgan fingerprint density at radius 3 is 2.50 bits per heavy atom. The summed E-state index contributed by atoms with van der Waals surface area (Å²) >= 11 is 0. The van der Waals surface area contributed by atoms with Gasteiger partial charge in [-0.3, -0.25) is 5.01 Å². The van der Waals surface area contributed by atoms with Crippen LogP contribution >= 0.6 is 0 Å². The van der Waals surface area contributed by atoms with Crippen LogP contribution in [0, 0.1) is 5.92 Å². The van der Waals surface area contributed by atoms with Gasteiger partial charge in [-0.2, -0.15) is 5.10 Å². The molecule has 1 saturated carbocycles. The third-order valence-corrected chi connectivity index (χ3v) is 6.59. The van der Waals surface area contributed by atoms with Crippen LogP contribution in [0.25, 0.3) is 6.08 Å². The first kappa shape index (κ1) is 24.3. The third kappa shape index (κ3) is 5.82. The molecule has 0 radical (unpaired) electrons. The zero-order chi connectivity index (χ0) is 23.9. The van der Waals surface area contributed by atoms with Gasteiger partial charge >= 0.3 is 0 Å². The van der Waals surface area contributed by atoms with Crippen molar-refractivity contribution in [3.8, 4) is 11.5 Å². The van der Waals surface area contributed by atoms with Crippen LogP contribution in [0.2, 0.25) is 0 Å². The maximum absolute atomic E-state index is 5.84. The fourth-order valence-electron chi connectivity index (χ4n) is 5.17. The maximum Gasteiger partial charge on any atom is 0.119 e. The Bertz CT molecular complexity index is 1010. The van der Waals surface area contributed by atoms with Crippen molar-refractivity contribution >= 4 is 11.8 Å². The molecule has 1 aliphatic carbocycles. The highest BCUT2D eigenvalue weighted by atomic mass is 16.5. The normalized spacial score (nSPS) is 21.0. The van der Waals surface area contributed by atoms with Crippen LogP contribution in [0.1, 0.15) is 56.7 Å². The highest BCUT2D eigenvalue weighted by Crippen LogP contribution is 2.45. The Balaban J connectivity index is 1.65. The summed E-state index contributed by atoms with van der Waals surface area (Å²) in [4.78, 5) is 2.25. The topological polar surface area (TPSA) is 37.3 Å². The number of allylic oxidation sites excluding steroid dienone is 1. The molecule has 0 amide bonds. The molecule has 0 spiro atoms. The quantitative estimate of drug-likeness (QED) is 0.433. The highest BCUT2D eigenvalue weighted by Gasteiger charge is 2.41. The first-order valence-electron chi connectivity index (χ1n) is 12.8. The summed E-state index contributed by atoms with van der Waals surface area (Å²) in [6, 6.07) is 17.3. The van der Waals surface area contributed by atoms with Gasteiger partial charge in [0.15, 0.2) is 0 Å². The van der Waals surface area contributed by atoms with E-state index in [1.165, 1.54) is 35.3 Å². The lowest BCUT2D eigenvalue weighted by Gasteiger charge is -2.31. The molecule has 2 unspecified atom stereocenters. The Labute approximate surface area is 205 Å². The van der Waals surface area contributed by atoms with Crippen molar-refractivity contribution in [2.75, 3.05) is 40.4 Å². The van der Waals surface area contributed by atoms with Crippen LogP contribution in [0.15, 0.2) is 59.2 Å². The summed E-state index contributed by atoms with van der Waals surface area (Å²) in [5, 5.41) is 7.62. The number of hydrazone groups is 1. The minimum atomic E-state index is 0.260. The lowest BCUT2D eigenvalue weighted by Crippen LogP contribution is -2.29. The van der Waals surface area contributed by atoms with E-state index in [1.54, 1.807) is 0 Å². The summed E-state index contributed by atoms with van der Waals surface area (Å²) in [7, 11) is 4.27. The van der Waals surface area contributed by atoms with Gasteiger partial charge in [0, 0.05) is 12.5 Å². The molecule has 182 valence electrons. The smallest absolute Gasteiger partial charge is 0.119 e. The van der Waals surface area contributed by atoms with E-state index >= 15 is 0 Å². The summed E-state index contributed by atoms with van der Waals surface area (Å²) in [6.07, 6.45) is 6.85. The summed E-state index contributed by atoms with van der Waals surface area (Å²) in [5.41, 5.74) is 5.13. The van der Waals surface area contributed by atoms with Crippen LogP contribution in [0.5, 0.6) is 11.5 Å².